The summed E-state index contributed by atoms with van der Waals surface area (Å²) in [6.45, 7) is 5.91. The lowest BCUT2D eigenvalue weighted by atomic mass is 10.0. The van der Waals surface area contributed by atoms with Crippen LogP contribution in [0.25, 0.3) is 0 Å². The summed E-state index contributed by atoms with van der Waals surface area (Å²) in [5.74, 6) is -0.0596. The first-order chi connectivity index (χ1) is 9.08. The van der Waals surface area contributed by atoms with Crippen LogP contribution in [0.4, 0.5) is 0 Å². The van der Waals surface area contributed by atoms with Gasteiger partial charge < -0.3 is 5.32 Å². The summed E-state index contributed by atoms with van der Waals surface area (Å²) in [5, 5.41) is 2.97. The molecule has 1 N–H and O–H groups in total. The molecule has 19 heavy (non-hydrogen) atoms. The molecular weight excluding hydrogens is 236 g/mol. The van der Waals surface area contributed by atoms with Gasteiger partial charge >= 0.3 is 0 Å². The Bertz CT molecular complexity index is 579. The highest BCUT2D eigenvalue weighted by molar-refractivity contribution is 5.95. The molecule has 1 amide bonds. The van der Waals surface area contributed by atoms with Gasteiger partial charge in [-0.15, -0.1) is 0 Å². The van der Waals surface area contributed by atoms with Gasteiger partial charge in [-0.3, -0.25) is 9.78 Å². The van der Waals surface area contributed by atoms with Crippen molar-refractivity contribution in [3.63, 3.8) is 0 Å². The quantitative estimate of drug-likeness (QED) is 0.914. The topological polar surface area (TPSA) is 42.0 Å². The summed E-state index contributed by atoms with van der Waals surface area (Å²) in [5.41, 5.74) is 3.73. The molecule has 0 fully saturated rings. The second-order valence-electron chi connectivity index (χ2n) is 4.77. The third kappa shape index (κ3) is 3.19. The smallest absolute Gasteiger partial charge is 0.252 e. The van der Waals surface area contributed by atoms with E-state index in [1.165, 1.54) is 0 Å². The lowest BCUT2D eigenvalue weighted by molar-refractivity contribution is 0.0938. The van der Waals surface area contributed by atoms with Crippen LogP contribution in [-0.4, -0.2) is 10.9 Å². The summed E-state index contributed by atoms with van der Waals surface area (Å²) < 4.78 is 0. The fourth-order valence-corrected chi connectivity index (χ4v) is 2.05. The van der Waals surface area contributed by atoms with Crippen molar-refractivity contribution >= 4 is 5.91 Å². The van der Waals surface area contributed by atoms with E-state index in [0.29, 0.717) is 5.56 Å². The van der Waals surface area contributed by atoms with E-state index < -0.39 is 0 Å². The van der Waals surface area contributed by atoms with Crippen LogP contribution in [0.15, 0.2) is 42.6 Å². The van der Waals surface area contributed by atoms with Gasteiger partial charge in [0.1, 0.15) is 0 Å². The van der Waals surface area contributed by atoms with E-state index in [4.69, 9.17) is 0 Å². The second-order valence-corrected chi connectivity index (χ2v) is 4.77. The van der Waals surface area contributed by atoms with E-state index >= 15 is 0 Å². The zero-order chi connectivity index (χ0) is 13.8. The third-order valence-electron chi connectivity index (χ3n) is 3.11. The molecule has 3 nitrogen and oxygen atoms in total. The molecule has 0 aliphatic rings. The van der Waals surface area contributed by atoms with Crippen LogP contribution in [0.3, 0.4) is 0 Å². The minimum absolute atomic E-state index is 0.0596. The minimum atomic E-state index is -0.102. The number of hydrogen-bond donors (Lipinski definition) is 1. The third-order valence-corrected chi connectivity index (χ3v) is 3.11. The molecule has 1 aromatic heterocycles. The molecule has 0 spiro atoms. The molecule has 1 aromatic carbocycles. The Morgan fingerprint density at radius 1 is 1.21 bits per heavy atom. The Morgan fingerprint density at radius 3 is 2.63 bits per heavy atom. The van der Waals surface area contributed by atoms with E-state index in [1.54, 1.807) is 6.20 Å². The molecule has 0 bridgehead atoms. The Kier molecular flexibility index (Phi) is 3.95. The number of hydrogen-bond acceptors (Lipinski definition) is 2. The zero-order valence-corrected chi connectivity index (χ0v) is 11.5. The Hall–Kier alpha value is -2.16. The SMILES string of the molecule is Cc1ccc(C(=O)NC(C)c2ccccn2)c(C)c1. The molecule has 0 saturated carbocycles. The summed E-state index contributed by atoms with van der Waals surface area (Å²) in [6.07, 6.45) is 1.73. The monoisotopic (exact) mass is 254 g/mol. The Balaban J connectivity index is 2.13. The number of pyridine rings is 1. The highest BCUT2D eigenvalue weighted by atomic mass is 16.1. The zero-order valence-electron chi connectivity index (χ0n) is 11.5. The lowest BCUT2D eigenvalue weighted by Gasteiger charge is -2.14. The number of aromatic nitrogens is 1. The number of nitrogens with zero attached hydrogens (tertiary/aromatic N) is 1. The highest BCUT2D eigenvalue weighted by Gasteiger charge is 2.13. The number of benzene rings is 1. The summed E-state index contributed by atoms with van der Waals surface area (Å²) in [6, 6.07) is 11.4. The molecule has 1 unspecified atom stereocenters. The van der Waals surface area contributed by atoms with Crippen LogP contribution in [0.5, 0.6) is 0 Å². The van der Waals surface area contributed by atoms with E-state index in [1.807, 2.05) is 57.2 Å². The van der Waals surface area contributed by atoms with E-state index in [-0.39, 0.29) is 11.9 Å². The highest BCUT2D eigenvalue weighted by Crippen LogP contribution is 2.13. The van der Waals surface area contributed by atoms with Crippen molar-refractivity contribution in [2.75, 3.05) is 0 Å². The Morgan fingerprint density at radius 2 is 2.00 bits per heavy atom. The van der Waals surface area contributed by atoms with E-state index in [9.17, 15) is 4.79 Å². The number of nitrogens with one attached hydrogen (secondary N) is 1. The molecule has 0 aliphatic carbocycles. The van der Waals surface area contributed by atoms with Gasteiger partial charge in [-0.2, -0.15) is 0 Å². The van der Waals surface area contributed by atoms with Gasteiger partial charge in [-0.05, 0) is 44.5 Å². The standard InChI is InChI=1S/C16H18N2O/c1-11-7-8-14(12(2)10-11)16(19)18-13(3)15-6-4-5-9-17-15/h4-10,13H,1-3H3,(H,18,19). The maximum Gasteiger partial charge on any atom is 0.252 e. The molecule has 98 valence electrons. The fourth-order valence-electron chi connectivity index (χ4n) is 2.05. The van der Waals surface area contributed by atoms with Crippen LogP contribution in [0.2, 0.25) is 0 Å². The molecule has 3 heteroatoms. The molecule has 2 aromatic rings. The van der Waals surface area contributed by atoms with Crippen molar-refractivity contribution in [1.29, 1.82) is 0 Å². The number of amides is 1. The normalized spacial score (nSPS) is 11.9. The molecule has 2 rings (SSSR count). The summed E-state index contributed by atoms with van der Waals surface area (Å²) in [7, 11) is 0. The van der Waals surface area contributed by atoms with Crippen molar-refractivity contribution in [3.05, 3.63) is 65.0 Å². The van der Waals surface area contributed by atoms with Gasteiger partial charge in [0, 0.05) is 11.8 Å². The lowest BCUT2D eigenvalue weighted by Crippen LogP contribution is -2.27. The summed E-state index contributed by atoms with van der Waals surface area (Å²) >= 11 is 0. The first kappa shape index (κ1) is 13.3. The number of carbonyl (C=O) groups excluding carboxylic acids is 1. The van der Waals surface area contributed by atoms with Crippen molar-refractivity contribution in [3.8, 4) is 0 Å². The molecule has 0 radical (unpaired) electrons. The first-order valence-corrected chi connectivity index (χ1v) is 6.37. The van der Waals surface area contributed by atoms with E-state index in [2.05, 4.69) is 10.3 Å². The van der Waals surface area contributed by atoms with Gasteiger partial charge in [0.15, 0.2) is 0 Å². The van der Waals surface area contributed by atoms with Crippen molar-refractivity contribution < 1.29 is 4.79 Å². The average molecular weight is 254 g/mol. The van der Waals surface area contributed by atoms with Crippen LogP contribution in [0, 0.1) is 13.8 Å². The van der Waals surface area contributed by atoms with Crippen molar-refractivity contribution in [1.82, 2.24) is 10.3 Å². The first-order valence-electron chi connectivity index (χ1n) is 6.37. The number of aryl methyl sites for hydroxylation is 2. The summed E-state index contributed by atoms with van der Waals surface area (Å²) in [4.78, 5) is 16.5. The molecule has 1 heterocycles. The van der Waals surface area contributed by atoms with Gasteiger partial charge in [-0.25, -0.2) is 0 Å². The van der Waals surface area contributed by atoms with Crippen molar-refractivity contribution in [2.45, 2.75) is 26.8 Å². The number of carbonyl (C=O) groups is 1. The van der Waals surface area contributed by atoms with Crippen LogP contribution in [0.1, 0.15) is 40.1 Å². The predicted octanol–water partition coefficient (Wildman–Crippen LogP) is 3.19. The maximum atomic E-state index is 12.2. The fraction of sp³-hybridized carbons (Fsp3) is 0.250. The molecule has 1 atom stereocenters. The van der Waals surface area contributed by atoms with Crippen LogP contribution < -0.4 is 5.32 Å². The number of rotatable bonds is 3. The second kappa shape index (κ2) is 5.65. The van der Waals surface area contributed by atoms with E-state index in [0.717, 1.165) is 16.8 Å². The van der Waals surface area contributed by atoms with Crippen LogP contribution in [-0.2, 0) is 0 Å². The van der Waals surface area contributed by atoms with Crippen molar-refractivity contribution in [2.24, 2.45) is 0 Å². The molecule has 0 aliphatic heterocycles. The van der Waals surface area contributed by atoms with Crippen LogP contribution >= 0.6 is 0 Å². The van der Waals surface area contributed by atoms with Gasteiger partial charge in [0.2, 0.25) is 0 Å². The molecular formula is C16H18N2O. The maximum absolute atomic E-state index is 12.2. The minimum Gasteiger partial charge on any atom is -0.344 e. The van der Waals surface area contributed by atoms with Gasteiger partial charge in [0.05, 0.1) is 11.7 Å². The van der Waals surface area contributed by atoms with Gasteiger partial charge in [0.25, 0.3) is 5.91 Å². The largest absolute Gasteiger partial charge is 0.344 e. The molecule has 0 saturated heterocycles. The Labute approximate surface area is 113 Å². The average Bonchev–Trinajstić information content (AvgIpc) is 2.39. The predicted molar refractivity (Wildman–Crippen MR) is 76.0 cm³/mol. The van der Waals surface area contributed by atoms with Gasteiger partial charge in [-0.1, -0.05) is 23.8 Å².